The Kier molecular flexibility index (Phi) is 5.87. The highest BCUT2D eigenvalue weighted by Gasteiger charge is 2.32. The van der Waals surface area contributed by atoms with Crippen LogP contribution in [0.4, 0.5) is 4.39 Å². The molecule has 2 aromatic carbocycles. The maximum Gasteiger partial charge on any atom is 0.276 e. The zero-order chi connectivity index (χ0) is 22.8. The van der Waals surface area contributed by atoms with Gasteiger partial charge in [-0.2, -0.15) is 0 Å². The van der Waals surface area contributed by atoms with E-state index in [1.165, 1.54) is 12.1 Å². The number of benzene rings is 2. The Balaban J connectivity index is 1.18. The van der Waals surface area contributed by atoms with Gasteiger partial charge in [0.2, 0.25) is 5.91 Å². The lowest BCUT2D eigenvalue weighted by Crippen LogP contribution is -2.51. The van der Waals surface area contributed by atoms with Crippen LogP contribution in [0.25, 0.3) is 0 Å². The van der Waals surface area contributed by atoms with E-state index in [0.29, 0.717) is 44.1 Å². The molecule has 1 fully saturated rings. The lowest BCUT2D eigenvalue weighted by molar-refractivity contribution is -0.131. The fraction of sp³-hybridized carbons (Fsp3) is 0.333. The molecule has 5 rings (SSSR count). The largest absolute Gasteiger partial charge is 0.365 e. The molecule has 0 spiro atoms. The highest BCUT2D eigenvalue weighted by atomic mass is 19.1. The summed E-state index contributed by atoms with van der Waals surface area (Å²) in [6, 6.07) is 15.8. The number of carbonyl (C=O) groups excluding carboxylic acids is 2. The van der Waals surface area contributed by atoms with E-state index < -0.39 is 0 Å². The molecular weight excluding hydrogens is 425 g/mol. The summed E-state index contributed by atoms with van der Waals surface area (Å²) >= 11 is 0. The predicted octanol–water partition coefficient (Wildman–Crippen LogP) is 2.22. The van der Waals surface area contributed by atoms with Gasteiger partial charge in [-0.25, -0.2) is 9.07 Å². The molecule has 1 aromatic heterocycles. The van der Waals surface area contributed by atoms with Crippen LogP contribution in [-0.2, 0) is 29.1 Å². The average molecular weight is 449 g/mol. The Morgan fingerprint density at radius 3 is 2.39 bits per heavy atom. The van der Waals surface area contributed by atoms with E-state index in [2.05, 4.69) is 10.3 Å². The van der Waals surface area contributed by atoms with Gasteiger partial charge in [-0.3, -0.25) is 9.59 Å². The maximum atomic E-state index is 13.1. The summed E-state index contributed by atoms with van der Waals surface area (Å²) < 4.78 is 20.8. The third kappa shape index (κ3) is 4.49. The van der Waals surface area contributed by atoms with E-state index in [1.807, 2.05) is 30.3 Å². The zero-order valence-electron chi connectivity index (χ0n) is 18.1. The summed E-state index contributed by atoms with van der Waals surface area (Å²) in [5.41, 5.74) is 2.83. The highest BCUT2D eigenvalue weighted by molar-refractivity contribution is 5.93. The van der Waals surface area contributed by atoms with E-state index >= 15 is 0 Å². The number of aromatic nitrogens is 3. The molecule has 2 aliphatic rings. The van der Waals surface area contributed by atoms with Gasteiger partial charge < -0.3 is 14.5 Å². The van der Waals surface area contributed by atoms with Crippen LogP contribution in [0, 0.1) is 5.82 Å². The number of rotatable bonds is 4. The van der Waals surface area contributed by atoms with Crippen LogP contribution in [0.2, 0.25) is 0 Å². The standard InChI is InChI=1S/C24H24FN5O3/c25-19-8-6-17(7-9-19)14-22(31)28-10-12-29(13-11-28)24(32)23-20-16-33-21(15-30(20)27-26-23)18-4-2-1-3-5-18/h1-9,21H,10-16H2/t21-/m0/s1. The number of amides is 2. The van der Waals surface area contributed by atoms with Gasteiger partial charge in [0.1, 0.15) is 11.9 Å². The molecule has 2 amide bonds. The molecule has 2 aliphatic heterocycles. The lowest BCUT2D eigenvalue weighted by atomic mass is 10.1. The second-order valence-corrected chi connectivity index (χ2v) is 8.25. The van der Waals surface area contributed by atoms with Gasteiger partial charge in [-0.1, -0.05) is 47.7 Å². The lowest BCUT2D eigenvalue weighted by Gasteiger charge is -2.34. The number of halogens is 1. The molecule has 3 aromatic rings. The number of ether oxygens (including phenoxy) is 1. The minimum atomic E-state index is -0.324. The molecule has 0 aliphatic carbocycles. The Labute approximate surface area is 190 Å². The van der Waals surface area contributed by atoms with E-state index in [0.717, 1.165) is 11.1 Å². The Morgan fingerprint density at radius 2 is 1.67 bits per heavy atom. The van der Waals surface area contributed by atoms with Gasteiger partial charge >= 0.3 is 0 Å². The molecule has 0 unspecified atom stereocenters. The van der Waals surface area contributed by atoms with Crippen molar-refractivity contribution in [2.75, 3.05) is 26.2 Å². The minimum Gasteiger partial charge on any atom is -0.365 e. The van der Waals surface area contributed by atoms with Crippen LogP contribution in [0.3, 0.4) is 0 Å². The first kappa shape index (κ1) is 21.3. The number of hydrogen-bond donors (Lipinski definition) is 0. The van der Waals surface area contributed by atoms with Crippen LogP contribution in [0.1, 0.15) is 33.4 Å². The van der Waals surface area contributed by atoms with Crippen molar-refractivity contribution in [3.63, 3.8) is 0 Å². The van der Waals surface area contributed by atoms with Crippen LogP contribution in [0.5, 0.6) is 0 Å². The predicted molar refractivity (Wildman–Crippen MR) is 117 cm³/mol. The monoisotopic (exact) mass is 449 g/mol. The smallest absolute Gasteiger partial charge is 0.276 e. The van der Waals surface area contributed by atoms with Gasteiger partial charge in [0.25, 0.3) is 5.91 Å². The Hall–Kier alpha value is -3.59. The van der Waals surface area contributed by atoms with Gasteiger partial charge in [0.15, 0.2) is 5.69 Å². The molecular formula is C24H24FN5O3. The molecule has 170 valence electrons. The average Bonchev–Trinajstić information content (AvgIpc) is 3.29. The summed E-state index contributed by atoms with van der Waals surface area (Å²) in [7, 11) is 0. The first-order valence-corrected chi connectivity index (χ1v) is 11.0. The Morgan fingerprint density at radius 1 is 0.970 bits per heavy atom. The third-order valence-electron chi connectivity index (χ3n) is 6.16. The summed E-state index contributed by atoms with van der Waals surface area (Å²) in [5.74, 6) is -0.547. The number of piperazine rings is 1. The first-order valence-electron chi connectivity index (χ1n) is 11.0. The van der Waals surface area contributed by atoms with Crippen molar-refractivity contribution in [1.29, 1.82) is 0 Å². The van der Waals surface area contributed by atoms with Gasteiger partial charge in [0, 0.05) is 26.2 Å². The molecule has 9 heteroatoms. The molecule has 0 radical (unpaired) electrons. The summed E-state index contributed by atoms with van der Waals surface area (Å²) in [5, 5.41) is 8.34. The highest BCUT2D eigenvalue weighted by Crippen LogP contribution is 2.27. The fourth-order valence-electron chi connectivity index (χ4n) is 4.24. The van der Waals surface area contributed by atoms with Crippen molar-refractivity contribution in [2.45, 2.75) is 25.7 Å². The maximum absolute atomic E-state index is 13.1. The number of nitrogens with zero attached hydrogens (tertiary/aromatic N) is 5. The summed E-state index contributed by atoms with van der Waals surface area (Å²) in [6.07, 6.45) is 0.0890. The van der Waals surface area contributed by atoms with Gasteiger partial charge in [-0.05, 0) is 23.3 Å². The van der Waals surface area contributed by atoms with E-state index in [9.17, 15) is 14.0 Å². The van der Waals surface area contributed by atoms with Crippen molar-refractivity contribution >= 4 is 11.8 Å². The van der Waals surface area contributed by atoms with Crippen LogP contribution >= 0.6 is 0 Å². The van der Waals surface area contributed by atoms with Crippen molar-refractivity contribution in [3.05, 3.63) is 82.9 Å². The van der Waals surface area contributed by atoms with Crippen molar-refractivity contribution in [2.24, 2.45) is 0 Å². The van der Waals surface area contributed by atoms with Crippen molar-refractivity contribution in [3.8, 4) is 0 Å². The van der Waals surface area contributed by atoms with Crippen molar-refractivity contribution < 1.29 is 18.7 Å². The van der Waals surface area contributed by atoms with Crippen molar-refractivity contribution in [1.82, 2.24) is 24.8 Å². The number of carbonyl (C=O) groups is 2. The molecule has 3 heterocycles. The van der Waals surface area contributed by atoms with Gasteiger partial charge in [0.05, 0.1) is 25.3 Å². The normalized spacial score (nSPS) is 18.2. The zero-order valence-corrected chi connectivity index (χ0v) is 18.1. The van der Waals surface area contributed by atoms with Crippen LogP contribution in [-0.4, -0.2) is 62.8 Å². The molecule has 1 saturated heterocycles. The Bertz CT molecular complexity index is 1140. The topological polar surface area (TPSA) is 80.6 Å². The molecule has 0 N–H and O–H groups in total. The molecule has 0 saturated carbocycles. The summed E-state index contributed by atoms with van der Waals surface area (Å²) in [6.45, 7) is 2.51. The second kappa shape index (κ2) is 9.11. The number of fused-ring (bicyclic) bond motifs is 1. The number of hydrogen-bond acceptors (Lipinski definition) is 5. The van der Waals surface area contributed by atoms with E-state index in [4.69, 9.17) is 4.74 Å². The van der Waals surface area contributed by atoms with E-state index in [-0.39, 0.29) is 36.8 Å². The van der Waals surface area contributed by atoms with Crippen LogP contribution in [0.15, 0.2) is 54.6 Å². The molecule has 8 nitrogen and oxygen atoms in total. The minimum absolute atomic E-state index is 0.0323. The molecule has 0 bridgehead atoms. The third-order valence-corrected chi connectivity index (χ3v) is 6.16. The van der Waals surface area contributed by atoms with Gasteiger partial charge in [-0.15, -0.1) is 5.10 Å². The first-order chi connectivity index (χ1) is 16.1. The molecule has 33 heavy (non-hydrogen) atoms. The van der Waals surface area contributed by atoms with E-state index in [1.54, 1.807) is 26.6 Å². The van der Waals surface area contributed by atoms with Crippen LogP contribution < -0.4 is 0 Å². The summed E-state index contributed by atoms with van der Waals surface area (Å²) in [4.78, 5) is 29.1. The second-order valence-electron chi connectivity index (χ2n) is 8.25. The SMILES string of the molecule is O=C(Cc1ccc(F)cc1)N1CCN(C(=O)c2nnn3c2CO[C@H](c2ccccc2)C3)CC1. The molecule has 1 atom stereocenters. The quantitative estimate of drug-likeness (QED) is 0.610. The fourth-order valence-corrected chi connectivity index (χ4v) is 4.24.